The molecule has 0 fully saturated rings. The van der Waals surface area contributed by atoms with Crippen LogP contribution in [0.2, 0.25) is 0 Å². The lowest BCUT2D eigenvalue weighted by Gasteiger charge is -2.00. The minimum Gasteiger partial charge on any atom is -0.472 e. The Morgan fingerprint density at radius 1 is 0.929 bits per heavy atom. The molecule has 0 saturated heterocycles. The molecule has 1 aromatic heterocycles. The number of hydrogen-bond donors (Lipinski definition) is 2. The molecule has 0 amide bonds. The van der Waals surface area contributed by atoms with Crippen molar-refractivity contribution in [3.8, 4) is 11.1 Å². The lowest BCUT2D eigenvalue weighted by molar-refractivity contribution is 0.426. The van der Waals surface area contributed by atoms with E-state index >= 15 is 0 Å². The SMILES string of the molecule is OB(O)c1ccc(-c2ccoc2)cc1. The van der Waals surface area contributed by atoms with E-state index in [1.54, 1.807) is 24.7 Å². The average Bonchev–Trinajstić information content (AvgIpc) is 2.71. The van der Waals surface area contributed by atoms with E-state index in [9.17, 15) is 0 Å². The summed E-state index contributed by atoms with van der Waals surface area (Å²) < 4.78 is 4.95. The first-order valence-electron chi connectivity index (χ1n) is 4.26. The Morgan fingerprint density at radius 2 is 1.64 bits per heavy atom. The standard InChI is InChI=1S/C10H9BO3/c12-11(13)10-3-1-8(2-4-10)9-5-6-14-7-9/h1-7,12-13H. The van der Waals surface area contributed by atoms with Crippen molar-refractivity contribution in [3.63, 3.8) is 0 Å². The van der Waals surface area contributed by atoms with Crippen LogP contribution in [-0.2, 0) is 0 Å². The van der Waals surface area contributed by atoms with E-state index in [0.29, 0.717) is 5.46 Å². The lowest BCUT2D eigenvalue weighted by Crippen LogP contribution is -2.29. The largest absolute Gasteiger partial charge is 0.488 e. The van der Waals surface area contributed by atoms with Crippen LogP contribution in [0.5, 0.6) is 0 Å². The van der Waals surface area contributed by atoms with Gasteiger partial charge in [-0.25, -0.2) is 0 Å². The zero-order valence-corrected chi connectivity index (χ0v) is 7.42. The molecule has 14 heavy (non-hydrogen) atoms. The highest BCUT2D eigenvalue weighted by molar-refractivity contribution is 6.58. The average molecular weight is 188 g/mol. The van der Waals surface area contributed by atoms with Gasteiger partial charge in [-0.05, 0) is 17.1 Å². The summed E-state index contributed by atoms with van der Waals surface area (Å²) in [6.45, 7) is 0. The van der Waals surface area contributed by atoms with Crippen LogP contribution in [0.4, 0.5) is 0 Å². The first kappa shape index (κ1) is 9.06. The zero-order valence-electron chi connectivity index (χ0n) is 7.42. The van der Waals surface area contributed by atoms with Gasteiger partial charge in [0.05, 0.1) is 12.5 Å². The molecular weight excluding hydrogens is 179 g/mol. The quantitative estimate of drug-likeness (QED) is 0.679. The summed E-state index contributed by atoms with van der Waals surface area (Å²) in [5, 5.41) is 17.8. The highest BCUT2D eigenvalue weighted by atomic mass is 16.4. The van der Waals surface area contributed by atoms with Gasteiger partial charge < -0.3 is 14.5 Å². The highest BCUT2D eigenvalue weighted by Crippen LogP contribution is 2.17. The molecule has 0 spiro atoms. The van der Waals surface area contributed by atoms with Gasteiger partial charge in [0.15, 0.2) is 0 Å². The van der Waals surface area contributed by atoms with Gasteiger partial charge in [-0.3, -0.25) is 0 Å². The summed E-state index contributed by atoms with van der Waals surface area (Å²) in [4.78, 5) is 0. The van der Waals surface area contributed by atoms with Crippen LogP contribution in [0.3, 0.4) is 0 Å². The molecule has 0 radical (unpaired) electrons. The summed E-state index contributed by atoms with van der Waals surface area (Å²) in [7, 11) is -1.41. The van der Waals surface area contributed by atoms with E-state index < -0.39 is 7.12 Å². The first-order chi connectivity index (χ1) is 6.77. The van der Waals surface area contributed by atoms with Gasteiger partial charge >= 0.3 is 7.12 Å². The molecule has 70 valence electrons. The van der Waals surface area contributed by atoms with Gasteiger partial charge in [0.1, 0.15) is 0 Å². The molecule has 0 aliphatic heterocycles. The maximum Gasteiger partial charge on any atom is 0.488 e. The van der Waals surface area contributed by atoms with Crippen molar-refractivity contribution >= 4 is 12.6 Å². The molecule has 4 heteroatoms. The molecule has 0 atom stereocenters. The maximum atomic E-state index is 8.88. The summed E-state index contributed by atoms with van der Waals surface area (Å²) in [6.07, 6.45) is 3.24. The van der Waals surface area contributed by atoms with E-state index in [-0.39, 0.29) is 0 Å². The second kappa shape index (κ2) is 3.70. The third kappa shape index (κ3) is 1.71. The summed E-state index contributed by atoms with van der Waals surface area (Å²) in [6, 6.07) is 8.84. The Balaban J connectivity index is 2.31. The molecular formula is C10H9BO3. The van der Waals surface area contributed by atoms with Gasteiger partial charge in [0.25, 0.3) is 0 Å². The van der Waals surface area contributed by atoms with Crippen molar-refractivity contribution in [2.75, 3.05) is 0 Å². The molecule has 1 heterocycles. The van der Waals surface area contributed by atoms with Gasteiger partial charge in [0.2, 0.25) is 0 Å². The maximum absolute atomic E-state index is 8.88. The lowest BCUT2D eigenvalue weighted by atomic mass is 9.80. The van der Waals surface area contributed by atoms with Crippen LogP contribution in [-0.4, -0.2) is 17.2 Å². The monoisotopic (exact) mass is 188 g/mol. The molecule has 2 N–H and O–H groups in total. The van der Waals surface area contributed by atoms with Crippen LogP contribution >= 0.6 is 0 Å². The van der Waals surface area contributed by atoms with Gasteiger partial charge in [-0.15, -0.1) is 0 Å². The van der Waals surface area contributed by atoms with E-state index in [1.165, 1.54) is 0 Å². The van der Waals surface area contributed by atoms with E-state index in [4.69, 9.17) is 14.5 Å². The van der Waals surface area contributed by atoms with Crippen molar-refractivity contribution in [3.05, 3.63) is 42.9 Å². The summed E-state index contributed by atoms with van der Waals surface area (Å²) in [5.41, 5.74) is 2.45. The van der Waals surface area contributed by atoms with Crippen LogP contribution in [0.25, 0.3) is 11.1 Å². The fraction of sp³-hybridized carbons (Fsp3) is 0. The number of hydrogen-bond acceptors (Lipinski definition) is 3. The van der Waals surface area contributed by atoms with E-state index in [0.717, 1.165) is 11.1 Å². The topological polar surface area (TPSA) is 53.6 Å². The molecule has 0 bridgehead atoms. The Hall–Kier alpha value is -1.52. The van der Waals surface area contributed by atoms with Gasteiger partial charge in [0, 0.05) is 5.56 Å². The van der Waals surface area contributed by atoms with Crippen molar-refractivity contribution in [2.24, 2.45) is 0 Å². The number of furan rings is 1. The predicted octanol–water partition coefficient (Wildman–Crippen LogP) is 0.626. The third-order valence-corrected chi connectivity index (χ3v) is 2.06. The van der Waals surface area contributed by atoms with Crippen molar-refractivity contribution in [2.45, 2.75) is 0 Å². The molecule has 0 aliphatic rings. The minimum absolute atomic E-state index is 0.484. The smallest absolute Gasteiger partial charge is 0.472 e. The number of benzene rings is 1. The normalized spacial score (nSPS) is 10.1. The van der Waals surface area contributed by atoms with Crippen molar-refractivity contribution in [1.82, 2.24) is 0 Å². The summed E-state index contributed by atoms with van der Waals surface area (Å²) >= 11 is 0. The molecule has 0 aliphatic carbocycles. The van der Waals surface area contributed by atoms with Gasteiger partial charge in [-0.1, -0.05) is 24.3 Å². The highest BCUT2D eigenvalue weighted by Gasteiger charge is 2.09. The van der Waals surface area contributed by atoms with E-state index in [1.807, 2.05) is 18.2 Å². The molecule has 3 nitrogen and oxygen atoms in total. The third-order valence-electron chi connectivity index (χ3n) is 2.06. The van der Waals surface area contributed by atoms with Crippen molar-refractivity contribution in [1.29, 1.82) is 0 Å². The van der Waals surface area contributed by atoms with Gasteiger partial charge in [-0.2, -0.15) is 0 Å². The molecule has 0 unspecified atom stereocenters. The zero-order chi connectivity index (χ0) is 9.97. The predicted molar refractivity (Wildman–Crippen MR) is 54.0 cm³/mol. The Kier molecular flexibility index (Phi) is 2.39. The Bertz CT molecular complexity index is 392. The second-order valence-corrected chi connectivity index (χ2v) is 3.01. The fourth-order valence-electron chi connectivity index (χ4n) is 1.28. The molecule has 2 rings (SSSR count). The van der Waals surface area contributed by atoms with Crippen LogP contribution in [0.15, 0.2) is 47.3 Å². The summed E-state index contributed by atoms with van der Waals surface area (Å²) in [5.74, 6) is 0. The number of rotatable bonds is 2. The van der Waals surface area contributed by atoms with Crippen LogP contribution in [0, 0.1) is 0 Å². The van der Waals surface area contributed by atoms with E-state index in [2.05, 4.69) is 0 Å². The first-order valence-corrected chi connectivity index (χ1v) is 4.26. The molecule has 2 aromatic rings. The molecule has 0 saturated carbocycles. The molecule has 1 aromatic carbocycles. The Morgan fingerprint density at radius 3 is 2.14 bits per heavy atom. The minimum atomic E-state index is -1.41. The van der Waals surface area contributed by atoms with Crippen LogP contribution in [0.1, 0.15) is 0 Å². The fourth-order valence-corrected chi connectivity index (χ4v) is 1.28. The Labute approximate surface area is 81.8 Å². The van der Waals surface area contributed by atoms with Crippen LogP contribution < -0.4 is 5.46 Å². The van der Waals surface area contributed by atoms with Crippen molar-refractivity contribution < 1.29 is 14.5 Å². The second-order valence-electron chi connectivity index (χ2n) is 3.01.